The standard InChI is InChI=1S/C18H24N2O/c1-14-7-9-15(10-8-14)12-20-13-17(11-18(19)21)16-5-3-2-4-6-16/h2-10,17-18,20-21H,11-13,19H2,1H3. The molecule has 4 N–H and O–H groups in total. The van der Waals surface area contributed by atoms with Crippen molar-refractivity contribution in [3.05, 3.63) is 71.3 Å². The van der Waals surface area contributed by atoms with Gasteiger partial charge in [-0.05, 0) is 24.5 Å². The van der Waals surface area contributed by atoms with Gasteiger partial charge >= 0.3 is 0 Å². The summed E-state index contributed by atoms with van der Waals surface area (Å²) in [7, 11) is 0. The molecule has 2 aromatic rings. The van der Waals surface area contributed by atoms with Crippen molar-refractivity contribution in [2.45, 2.75) is 32.0 Å². The molecule has 0 amide bonds. The van der Waals surface area contributed by atoms with E-state index in [-0.39, 0.29) is 5.92 Å². The molecule has 0 aromatic heterocycles. The van der Waals surface area contributed by atoms with Gasteiger partial charge in [-0.2, -0.15) is 0 Å². The molecule has 2 aromatic carbocycles. The largest absolute Gasteiger partial charge is 0.379 e. The van der Waals surface area contributed by atoms with Crippen molar-refractivity contribution in [2.24, 2.45) is 5.73 Å². The SMILES string of the molecule is Cc1ccc(CNCC(CC(N)O)c2ccccc2)cc1. The van der Waals surface area contributed by atoms with Crippen molar-refractivity contribution in [2.75, 3.05) is 6.54 Å². The van der Waals surface area contributed by atoms with Gasteiger partial charge in [0.05, 0.1) is 0 Å². The molecule has 2 unspecified atom stereocenters. The van der Waals surface area contributed by atoms with Crippen LogP contribution in [0.1, 0.15) is 29.0 Å². The summed E-state index contributed by atoms with van der Waals surface area (Å²) in [6.45, 7) is 3.71. The second-order valence-electron chi connectivity index (χ2n) is 5.53. The Morgan fingerprint density at radius 1 is 1.05 bits per heavy atom. The molecule has 0 aliphatic carbocycles. The van der Waals surface area contributed by atoms with E-state index < -0.39 is 6.23 Å². The van der Waals surface area contributed by atoms with E-state index >= 15 is 0 Å². The Bertz CT molecular complexity index is 523. The summed E-state index contributed by atoms with van der Waals surface area (Å²) in [6, 6.07) is 18.7. The smallest absolute Gasteiger partial charge is 0.103 e. The number of hydrogen-bond acceptors (Lipinski definition) is 3. The molecule has 0 heterocycles. The van der Waals surface area contributed by atoms with Crippen molar-refractivity contribution >= 4 is 0 Å². The molecular weight excluding hydrogens is 260 g/mol. The van der Waals surface area contributed by atoms with Crippen molar-refractivity contribution in [1.29, 1.82) is 0 Å². The Kier molecular flexibility index (Phi) is 5.93. The van der Waals surface area contributed by atoms with E-state index in [1.807, 2.05) is 18.2 Å². The summed E-state index contributed by atoms with van der Waals surface area (Å²) in [5.74, 6) is 0.219. The zero-order chi connectivity index (χ0) is 15.1. The molecule has 0 saturated heterocycles. The van der Waals surface area contributed by atoms with Gasteiger partial charge in [0, 0.05) is 19.0 Å². The van der Waals surface area contributed by atoms with Crippen LogP contribution < -0.4 is 11.1 Å². The number of hydrogen-bond donors (Lipinski definition) is 3. The van der Waals surface area contributed by atoms with Crippen LogP contribution in [-0.2, 0) is 6.54 Å². The van der Waals surface area contributed by atoms with Crippen molar-refractivity contribution in [3.8, 4) is 0 Å². The first-order chi connectivity index (χ1) is 10.1. The summed E-state index contributed by atoms with van der Waals surface area (Å²) in [4.78, 5) is 0. The van der Waals surface area contributed by atoms with E-state index in [1.165, 1.54) is 16.7 Å². The van der Waals surface area contributed by atoms with Crippen LogP contribution >= 0.6 is 0 Å². The molecule has 112 valence electrons. The Morgan fingerprint density at radius 3 is 2.33 bits per heavy atom. The van der Waals surface area contributed by atoms with Crippen LogP contribution in [0.25, 0.3) is 0 Å². The first kappa shape index (κ1) is 15.7. The van der Waals surface area contributed by atoms with E-state index in [4.69, 9.17) is 5.73 Å². The van der Waals surface area contributed by atoms with E-state index in [1.54, 1.807) is 0 Å². The number of aryl methyl sites for hydroxylation is 1. The lowest BCUT2D eigenvalue weighted by Gasteiger charge is -2.19. The van der Waals surface area contributed by atoms with Crippen molar-refractivity contribution in [1.82, 2.24) is 5.32 Å². The fourth-order valence-electron chi connectivity index (χ4n) is 2.45. The highest BCUT2D eigenvalue weighted by atomic mass is 16.3. The molecule has 21 heavy (non-hydrogen) atoms. The average molecular weight is 284 g/mol. The van der Waals surface area contributed by atoms with Gasteiger partial charge in [-0.3, -0.25) is 0 Å². The minimum absolute atomic E-state index is 0.219. The third-order valence-corrected chi connectivity index (χ3v) is 3.64. The van der Waals surface area contributed by atoms with E-state index in [0.29, 0.717) is 6.42 Å². The Hall–Kier alpha value is -1.68. The summed E-state index contributed by atoms with van der Waals surface area (Å²) >= 11 is 0. The fourth-order valence-corrected chi connectivity index (χ4v) is 2.45. The molecule has 3 nitrogen and oxygen atoms in total. The fraction of sp³-hybridized carbons (Fsp3) is 0.333. The predicted molar refractivity (Wildman–Crippen MR) is 86.9 cm³/mol. The Labute approximate surface area is 126 Å². The van der Waals surface area contributed by atoms with Crippen molar-refractivity contribution < 1.29 is 5.11 Å². The van der Waals surface area contributed by atoms with Gasteiger partial charge in [0.1, 0.15) is 6.23 Å². The number of rotatable bonds is 7. The van der Waals surface area contributed by atoms with E-state index in [9.17, 15) is 5.11 Å². The lowest BCUT2D eigenvalue weighted by molar-refractivity contribution is 0.161. The number of aliphatic hydroxyl groups is 1. The quantitative estimate of drug-likeness (QED) is 0.685. The number of aliphatic hydroxyl groups excluding tert-OH is 1. The van der Waals surface area contributed by atoms with Gasteiger partial charge in [0.15, 0.2) is 0 Å². The van der Waals surface area contributed by atoms with E-state index in [2.05, 4.69) is 48.6 Å². The molecule has 0 spiro atoms. The van der Waals surface area contributed by atoms with Gasteiger partial charge in [-0.1, -0.05) is 60.2 Å². The third-order valence-electron chi connectivity index (χ3n) is 3.64. The lowest BCUT2D eigenvalue weighted by Crippen LogP contribution is -2.28. The molecule has 0 bridgehead atoms. The molecule has 0 saturated carbocycles. The van der Waals surface area contributed by atoms with Crippen LogP contribution in [0.15, 0.2) is 54.6 Å². The first-order valence-electron chi connectivity index (χ1n) is 7.40. The Balaban J connectivity index is 1.91. The van der Waals surface area contributed by atoms with Crippen LogP contribution in [0, 0.1) is 6.92 Å². The highest BCUT2D eigenvalue weighted by Gasteiger charge is 2.13. The maximum absolute atomic E-state index is 9.48. The first-order valence-corrected chi connectivity index (χ1v) is 7.40. The van der Waals surface area contributed by atoms with Gasteiger partial charge in [-0.25, -0.2) is 0 Å². The monoisotopic (exact) mass is 284 g/mol. The summed E-state index contributed by atoms with van der Waals surface area (Å²) in [5.41, 5.74) is 9.30. The van der Waals surface area contributed by atoms with Crippen molar-refractivity contribution in [3.63, 3.8) is 0 Å². The van der Waals surface area contributed by atoms with Gasteiger partial charge in [-0.15, -0.1) is 0 Å². The summed E-state index contributed by atoms with van der Waals surface area (Å²) < 4.78 is 0. The van der Waals surface area contributed by atoms with Crippen LogP contribution in [0.2, 0.25) is 0 Å². The molecule has 0 radical (unpaired) electrons. The summed E-state index contributed by atoms with van der Waals surface area (Å²) in [5, 5.41) is 12.9. The third kappa shape index (κ3) is 5.31. The maximum atomic E-state index is 9.48. The normalized spacial score (nSPS) is 13.9. The van der Waals surface area contributed by atoms with Crippen LogP contribution in [-0.4, -0.2) is 17.9 Å². The second-order valence-corrected chi connectivity index (χ2v) is 5.53. The zero-order valence-corrected chi connectivity index (χ0v) is 12.5. The molecule has 0 aliphatic heterocycles. The predicted octanol–water partition coefficient (Wildman–Crippen LogP) is 2.54. The molecule has 0 fully saturated rings. The molecular formula is C18H24N2O. The van der Waals surface area contributed by atoms with Gasteiger partial charge in [0.2, 0.25) is 0 Å². The summed E-state index contributed by atoms with van der Waals surface area (Å²) in [6.07, 6.45) is -0.221. The maximum Gasteiger partial charge on any atom is 0.103 e. The number of nitrogens with two attached hydrogens (primary N) is 1. The van der Waals surface area contributed by atoms with E-state index in [0.717, 1.165) is 13.1 Å². The molecule has 2 atom stereocenters. The Morgan fingerprint density at radius 2 is 1.71 bits per heavy atom. The number of benzene rings is 2. The van der Waals surface area contributed by atoms with Gasteiger partial charge < -0.3 is 16.2 Å². The second kappa shape index (κ2) is 7.93. The van der Waals surface area contributed by atoms with Crippen LogP contribution in [0.4, 0.5) is 0 Å². The lowest BCUT2D eigenvalue weighted by atomic mass is 9.95. The zero-order valence-electron chi connectivity index (χ0n) is 12.5. The molecule has 3 heteroatoms. The molecule has 0 aliphatic rings. The average Bonchev–Trinajstić information content (AvgIpc) is 2.49. The highest BCUT2D eigenvalue weighted by Crippen LogP contribution is 2.19. The minimum atomic E-state index is -0.781. The van der Waals surface area contributed by atoms with Crippen LogP contribution in [0.5, 0.6) is 0 Å². The highest BCUT2D eigenvalue weighted by molar-refractivity contribution is 5.22. The molecule has 2 rings (SSSR count). The van der Waals surface area contributed by atoms with Gasteiger partial charge in [0.25, 0.3) is 0 Å². The van der Waals surface area contributed by atoms with Crippen LogP contribution in [0.3, 0.4) is 0 Å². The number of nitrogens with one attached hydrogen (secondary N) is 1. The topological polar surface area (TPSA) is 58.3 Å². The minimum Gasteiger partial charge on any atom is -0.379 e.